The van der Waals surface area contributed by atoms with Crippen LogP contribution in [-0.2, 0) is 42.0 Å². The molecule has 0 amide bonds. The van der Waals surface area contributed by atoms with Crippen molar-refractivity contribution in [1.29, 1.82) is 0 Å². The van der Waals surface area contributed by atoms with Crippen molar-refractivity contribution in [2.45, 2.75) is 55.4 Å². The maximum Gasteiger partial charge on any atom is 0.355 e. The van der Waals surface area contributed by atoms with E-state index >= 15 is 0 Å². The highest BCUT2D eigenvalue weighted by atomic mass is 35.5. The van der Waals surface area contributed by atoms with Gasteiger partial charge in [0.15, 0.2) is 0 Å². The Bertz CT molecular complexity index is 2240. The minimum absolute atomic E-state index is 0.273. The Hall–Kier alpha value is -4.06. The van der Waals surface area contributed by atoms with Crippen LogP contribution in [-0.4, -0.2) is 45.1 Å². The smallest absolute Gasteiger partial charge is 0.355 e. The van der Waals surface area contributed by atoms with E-state index < -0.39 is 0 Å². The van der Waals surface area contributed by atoms with Crippen molar-refractivity contribution in [3.63, 3.8) is 0 Å². The molecule has 2 aliphatic heterocycles. The molecule has 0 atom stereocenters. The Morgan fingerprint density at radius 1 is 1.02 bits per heavy atom. The number of aryl methyl sites for hydroxylation is 3. The van der Waals surface area contributed by atoms with Crippen LogP contribution in [0, 0.1) is 6.92 Å². The zero-order chi connectivity index (χ0) is 33.6. The average molecular weight is 715 g/mol. The van der Waals surface area contributed by atoms with Crippen LogP contribution in [0.15, 0.2) is 57.8 Å². The molecule has 0 saturated carbocycles. The summed E-state index contributed by atoms with van der Waals surface area (Å²) in [5, 5.41) is 8.66. The minimum atomic E-state index is -0.364. The van der Waals surface area contributed by atoms with Gasteiger partial charge in [0.2, 0.25) is 11.8 Å². The summed E-state index contributed by atoms with van der Waals surface area (Å²) in [6.07, 6.45) is 1.29. The lowest BCUT2D eigenvalue weighted by Crippen LogP contribution is -2.13. The fourth-order valence-corrected chi connectivity index (χ4v) is 8.89. The van der Waals surface area contributed by atoms with Gasteiger partial charge in [-0.15, -0.1) is 23.5 Å². The van der Waals surface area contributed by atoms with Crippen LogP contribution in [0.2, 0.25) is 5.02 Å². The number of carbonyl (C=O) groups excluding carboxylic acids is 1. The van der Waals surface area contributed by atoms with Gasteiger partial charge in [-0.1, -0.05) is 41.9 Å². The van der Waals surface area contributed by atoms with Gasteiger partial charge in [-0.25, -0.2) is 14.5 Å². The van der Waals surface area contributed by atoms with Crippen molar-refractivity contribution in [2.75, 3.05) is 19.8 Å². The number of fused-ring (bicyclic) bond motifs is 10. The van der Waals surface area contributed by atoms with Gasteiger partial charge < -0.3 is 23.2 Å². The summed E-state index contributed by atoms with van der Waals surface area (Å²) in [4.78, 5) is 19.5. The molecule has 0 unspecified atom stereocenters. The molecule has 8 rings (SSSR count). The predicted molar refractivity (Wildman–Crippen MR) is 194 cm³/mol. The van der Waals surface area contributed by atoms with E-state index in [0.29, 0.717) is 72.3 Å². The molecule has 9 nitrogen and oxygen atoms in total. The number of benzene rings is 3. The molecule has 252 valence electrons. The van der Waals surface area contributed by atoms with Gasteiger partial charge in [0, 0.05) is 39.8 Å². The largest absolute Gasteiger partial charge is 0.493 e. The number of thioether (sulfide) groups is 2. The lowest BCUT2D eigenvalue weighted by molar-refractivity contribution is 0.0514. The van der Waals surface area contributed by atoms with Crippen molar-refractivity contribution < 1.29 is 23.4 Å². The number of carbonyl (C=O) groups is 1. The maximum atomic E-state index is 13.6. The highest BCUT2D eigenvalue weighted by Gasteiger charge is 2.31. The Balaban J connectivity index is 1.27. The molecule has 0 aliphatic carbocycles. The van der Waals surface area contributed by atoms with Gasteiger partial charge in [-0.3, -0.25) is 0 Å². The molecule has 0 radical (unpaired) electrons. The van der Waals surface area contributed by atoms with Gasteiger partial charge in [0.05, 0.1) is 53.0 Å². The van der Waals surface area contributed by atoms with Gasteiger partial charge >= 0.3 is 5.97 Å². The molecule has 5 heterocycles. The molecule has 12 heteroatoms. The second kappa shape index (κ2) is 13.3. The third-order valence-corrected chi connectivity index (χ3v) is 11.3. The second-order valence-corrected chi connectivity index (χ2v) is 14.6. The number of esters is 1. The Labute approximate surface area is 297 Å². The summed E-state index contributed by atoms with van der Waals surface area (Å²) in [6, 6.07) is 16.5. The molecule has 3 aromatic carbocycles. The molecule has 3 aromatic heterocycles. The molecule has 0 saturated heterocycles. The summed E-state index contributed by atoms with van der Waals surface area (Å²) >= 11 is 10.5. The number of nitrogens with zero attached hydrogens (tertiary/aromatic N) is 4. The van der Waals surface area contributed by atoms with E-state index in [1.54, 1.807) is 23.5 Å². The Morgan fingerprint density at radius 2 is 1.90 bits per heavy atom. The molecule has 0 spiro atoms. The van der Waals surface area contributed by atoms with Gasteiger partial charge in [0.1, 0.15) is 23.8 Å². The molecule has 0 fully saturated rings. The first kappa shape index (κ1) is 32.2. The van der Waals surface area contributed by atoms with E-state index in [1.165, 1.54) is 0 Å². The number of hydrogen-bond donors (Lipinski definition) is 0. The number of aromatic nitrogens is 4. The van der Waals surface area contributed by atoms with E-state index in [1.807, 2.05) is 54.4 Å². The van der Waals surface area contributed by atoms with Crippen LogP contribution in [0.5, 0.6) is 11.6 Å². The first-order chi connectivity index (χ1) is 23.9. The Kier molecular flexibility index (Phi) is 8.75. The summed E-state index contributed by atoms with van der Waals surface area (Å²) in [5.41, 5.74) is 5.72. The monoisotopic (exact) mass is 714 g/mol. The lowest BCUT2D eigenvalue weighted by Gasteiger charge is -2.12. The quantitative estimate of drug-likeness (QED) is 0.163. The molecule has 0 N–H and O–H groups in total. The molecule has 8 bridgehead atoms. The summed E-state index contributed by atoms with van der Waals surface area (Å²) in [7, 11) is 1.91. The van der Waals surface area contributed by atoms with E-state index in [2.05, 4.69) is 24.3 Å². The summed E-state index contributed by atoms with van der Waals surface area (Å²) in [5.74, 6) is 4.53. The molecule has 2 aliphatic rings. The first-order valence-corrected chi connectivity index (χ1v) is 18.9. The van der Waals surface area contributed by atoms with Gasteiger partial charge in [0.25, 0.3) is 0 Å². The SMILES string of the molecule is CCOC(=O)c1c2c3ccc(Cl)c(c3n1C)-c1c(nn3c1OCC3)CSCc1nc(c(C)o1)CSc1cc(c3ccccc3c1)OCCC2. The van der Waals surface area contributed by atoms with Crippen LogP contribution in [0.1, 0.15) is 52.4 Å². The van der Waals surface area contributed by atoms with Crippen LogP contribution < -0.4 is 9.47 Å². The van der Waals surface area contributed by atoms with E-state index in [4.69, 9.17) is 40.3 Å². The highest BCUT2D eigenvalue weighted by molar-refractivity contribution is 7.98. The van der Waals surface area contributed by atoms with E-state index in [0.717, 1.165) is 66.2 Å². The number of halogens is 1. The standard InChI is InChI=1S/C37H35ClN4O5S2/c1-4-44-37(43)35-25-10-7-14-45-30-17-23(16-22-8-5-6-9-24(22)30)49-19-28-21(2)47-31(39-28)20-48-18-29-33(36-42(40-29)13-15-46-36)32-27(38)12-11-26(25)34(32)41(35)3/h5-6,8-9,11-12,16-17H,4,7,10,13-15,18-20H2,1-3H3. The third-order valence-electron chi connectivity index (χ3n) is 9.05. The predicted octanol–water partition coefficient (Wildman–Crippen LogP) is 8.76. The minimum Gasteiger partial charge on any atom is -0.493 e. The zero-order valence-corrected chi connectivity index (χ0v) is 29.9. The number of oxazole rings is 1. The molecular weight excluding hydrogens is 680 g/mol. The van der Waals surface area contributed by atoms with Gasteiger partial charge in [-0.05, 0) is 55.8 Å². The molecular formula is C37H35ClN4O5S2. The van der Waals surface area contributed by atoms with Crippen molar-refractivity contribution in [1.82, 2.24) is 19.3 Å². The lowest BCUT2D eigenvalue weighted by atomic mass is 9.99. The van der Waals surface area contributed by atoms with Crippen LogP contribution in [0.4, 0.5) is 0 Å². The topological polar surface area (TPSA) is 93.5 Å². The van der Waals surface area contributed by atoms with Crippen molar-refractivity contribution >= 4 is 62.8 Å². The first-order valence-electron chi connectivity index (χ1n) is 16.4. The van der Waals surface area contributed by atoms with Crippen LogP contribution >= 0.6 is 35.1 Å². The van der Waals surface area contributed by atoms with Crippen molar-refractivity contribution in [3.05, 3.63) is 87.8 Å². The maximum absolute atomic E-state index is 13.6. The third kappa shape index (κ3) is 5.85. The molecule has 49 heavy (non-hydrogen) atoms. The number of ether oxygens (including phenoxy) is 3. The number of rotatable bonds is 2. The van der Waals surface area contributed by atoms with Crippen molar-refractivity contribution in [2.24, 2.45) is 7.05 Å². The number of hydrogen-bond acceptors (Lipinski definition) is 9. The van der Waals surface area contributed by atoms with Crippen molar-refractivity contribution in [3.8, 4) is 22.8 Å². The van der Waals surface area contributed by atoms with E-state index in [-0.39, 0.29) is 12.6 Å². The van der Waals surface area contributed by atoms with Crippen LogP contribution in [0.3, 0.4) is 0 Å². The fraction of sp³-hybridized carbons (Fsp3) is 0.324. The fourth-order valence-electron chi connectivity index (χ4n) is 6.88. The Morgan fingerprint density at radius 3 is 2.78 bits per heavy atom. The summed E-state index contributed by atoms with van der Waals surface area (Å²) < 4.78 is 28.2. The normalized spacial score (nSPS) is 15.0. The molecule has 6 aromatic rings. The average Bonchev–Trinajstić information content (AvgIpc) is 3.84. The van der Waals surface area contributed by atoms with Crippen LogP contribution in [0.25, 0.3) is 32.8 Å². The highest BCUT2D eigenvalue weighted by Crippen LogP contribution is 2.46. The zero-order valence-electron chi connectivity index (χ0n) is 27.5. The second-order valence-electron chi connectivity index (χ2n) is 12.1. The van der Waals surface area contributed by atoms with E-state index in [9.17, 15) is 4.79 Å². The van der Waals surface area contributed by atoms with Gasteiger partial charge in [-0.2, -0.15) is 5.10 Å². The summed E-state index contributed by atoms with van der Waals surface area (Å²) in [6.45, 7) is 5.73.